The number of methoxy groups -OCH3 is 1. The fourth-order valence-electron chi connectivity index (χ4n) is 2.32. The summed E-state index contributed by atoms with van der Waals surface area (Å²) >= 11 is 0. The quantitative estimate of drug-likeness (QED) is 0.700. The molecule has 20 heavy (non-hydrogen) atoms. The Hall–Kier alpha value is -2.20. The van der Waals surface area contributed by atoms with Crippen molar-refractivity contribution in [3.8, 4) is 5.75 Å². The molecule has 104 valence electrons. The van der Waals surface area contributed by atoms with E-state index in [1.54, 1.807) is 13.4 Å². The Kier molecular flexibility index (Phi) is 3.74. The molecule has 1 N–H and O–H groups in total. The van der Waals surface area contributed by atoms with E-state index in [1.165, 1.54) is 10.9 Å². The summed E-state index contributed by atoms with van der Waals surface area (Å²) in [5.74, 6) is 1.86. The SMILES string of the molecule is COc1ccc2c(ccn2CCNCc2ccco2)c1. The number of fused-ring (bicyclic) bond motifs is 1. The molecule has 0 aliphatic rings. The Morgan fingerprint density at radius 2 is 2.20 bits per heavy atom. The Bertz CT molecular complexity index is 671. The highest BCUT2D eigenvalue weighted by Gasteiger charge is 2.02. The van der Waals surface area contributed by atoms with E-state index in [9.17, 15) is 0 Å². The van der Waals surface area contributed by atoms with Crippen molar-refractivity contribution in [1.82, 2.24) is 9.88 Å². The van der Waals surface area contributed by atoms with Gasteiger partial charge in [0.15, 0.2) is 0 Å². The molecule has 1 aromatic carbocycles. The van der Waals surface area contributed by atoms with Crippen molar-refractivity contribution in [1.29, 1.82) is 0 Å². The second-order valence-electron chi connectivity index (χ2n) is 4.69. The maximum absolute atomic E-state index is 5.28. The molecular weight excluding hydrogens is 252 g/mol. The van der Waals surface area contributed by atoms with Gasteiger partial charge in [0, 0.05) is 30.2 Å². The first-order chi connectivity index (χ1) is 9.86. The van der Waals surface area contributed by atoms with Gasteiger partial charge in [-0.25, -0.2) is 0 Å². The highest BCUT2D eigenvalue weighted by atomic mass is 16.5. The molecule has 0 unspecified atom stereocenters. The molecule has 0 fully saturated rings. The molecule has 0 saturated heterocycles. The molecule has 0 saturated carbocycles. The Balaban J connectivity index is 1.60. The standard InChI is InChI=1S/C16H18N2O2/c1-19-14-4-5-16-13(11-14)6-8-18(16)9-7-17-12-15-3-2-10-20-15/h2-6,8,10-11,17H,7,9,12H2,1H3. The average molecular weight is 270 g/mol. The Morgan fingerprint density at radius 1 is 1.25 bits per heavy atom. The first kappa shape index (κ1) is 12.8. The zero-order chi connectivity index (χ0) is 13.8. The van der Waals surface area contributed by atoms with Gasteiger partial charge in [0.05, 0.1) is 19.9 Å². The maximum atomic E-state index is 5.28. The number of nitrogens with one attached hydrogen (secondary N) is 1. The van der Waals surface area contributed by atoms with Crippen LogP contribution in [0.25, 0.3) is 10.9 Å². The zero-order valence-corrected chi connectivity index (χ0v) is 11.5. The third-order valence-electron chi connectivity index (χ3n) is 3.39. The number of hydrogen-bond acceptors (Lipinski definition) is 3. The summed E-state index contributed by atoms with van der Waals surface area (Å²) in [7, 11) is 1.69. The molecule has 0 aliphatic heterocycles. The first-order valence-electron chi connectivity index (χ1n) is 6.73. The summed E-state index contributed by atoms with van der Waals surface area (Å²) in [4.78, 5) is 0. The molecule has 3 aromatic rings. The molecule has 4 heteroatoms. The van der Waals surface area contributed by atoms with E-state index in [2.05, 4.69) is 34.3 Å². The van der Waals surface area contributed by atoms with Crippen LogP contribution >= 0.6 is 0 Å². The molecule has 4 nitrogen and oxygen atoms in total. The molecule has 3 rings (SSSR count). The molecule has 2 heterocycles. The summed E-state index contributed by atoms with van der Waals surface area (Å²) in [5.41, 5.74) is 1.23. The fraction of sp³-hybridized carbons (Fsp3) is 0.250. The lowest BCUT2D eigenvalue weighted by Gasteiger charge is -2.07. The van der Waals surface area contributed by atoms with Gasteiger partial charge in [0.2, 0.25) is 0 Å². The van der Waals surface area contributed by atoms with Gasteiger partial charge in [-0.3, -0.25) is 0 Å². The van der Waals surface area contributed by atoms with Crippen molar-refractivity contribution in [2.45, 2.75) is 13.1 Å². The normalized spacial score (nSPS) is 11.1. The van der Waals surface area contributed by atoms with Crippen LogP contribution in [-0.4, -0.2) is 18.2 Å². The second kappa shape index (κ2) is 5.84. The minimum Gasteiger partial charge on any atom is -0.497 e. The van der Waals surface area contributed by atoms with Crippen molar-refractivity contribution in [3.63, 3.8) is 0 Å². The zero-order valence-electron chi connectivity index (χ0n) is 11.5. The van der Waals surface area contributed by atoms with Gasteiger partial charge in [0.1, 0.15) is 11.5 Å². The van der Waals surface area contributed by atoms with Crippen LogP contribution in [0.4, 0.5) is 0 Å². The first-order valence-corrected chi connectivity index (χ1v) is 6.73. The monoisotopic (exact) mass is 270 g/mol. The van der Waals surface area contributed by atoms with Crippen molar-refractivity contribution in [3.05, 3.63) is 54.6 Å². The molecule has 0 bridgehead atoms. The molecule has 0 amide bonds. The number of nitrogens with zero attached hydrogens (tertiary/aromatic N) is 1. The van der Waals surface area contributed by atoms with E-state index in [4.69, 9.17) is 9.15 Å². The summed E-state index contributed by atoms with van der Waals surface area (Å²) in [6, 6.07) is 12.1. The Labute approximate surface area is 118 Å². The minimum absolute atomic E-state index is 0.764. The van der Waals surface area contributed by atoms with E-state index in [1.807, 2.05) is 18.2 Å². The van der Waals surface area contributed by atoms with Crippen LogP contribution < -0.4 is 10.1 Å². The van der Waals surface area contributed by atoms with Gasteiger partial charge in [-0.2, -0.15) is 0 Å². The second-order valence-corrected chi connectivity index (χ2v) is 4.69. The minimum atomic E-state index is 0.764. The number of rotatable bonds is 6. The third-order valence-corrected chi connectivity index (χ3v) is 3.39. The van der Waals surface area contributed by atoms with Crippen LogP contribution in [0.1, 0.15) is 5.76 Å². The summed E-state index contributed by atoms with van der Waals surface area (Å²) < 4.78 is 12.8. The van der Waals surface area contributed by atoms with Crippen molar-refractivity contribution in [2.75, 3.05) is 13.7 Å². The molecule has 0 spiro atoms. The van der Waals surface area contributed by atoms with Crippen LogP contribution in [0.5, 0.6) is 5.75 Å². The average Bonchev–Trinajstić information content (AvgIpc) is 3.12. The van der Waals surface area contributed by atoms with Gasteiger partial charge in [-0.15, -0.1) is 0 Å². The maximum Gasteiger partial charge on any atom is 0.119 e. The molecule has 0 radical (unpaired) electrons. The Morgan fingerprint density at radius 3 is 3.00 bits per heavy atom. The molecule has 0 aliphatic carbocycles. The lowest BCUT2D eigenvalue weighted by molar-refractivity contribution is 0.415. The van der Waals surface area contributed by atoms with E-state index in [0.717, 1.165) is 31.1 Å². The van der Waals surface area contributed by atoms with Gasteiger partial charge in [0.25, 0.3) is 0 Å². The molecular formula is C16H18N2O2. The summed E-state index contributed by atoms with van der Waals surface area (Å²) in [6.07, 6.45) is 3.81. The largest absolute Gasteiger partial charge is 0.497 e. The van der Waals surface area contributed by atoms with Crippen molar-refractivity contribution in [2.24, 2.45) is 0 Å². The van der Waals surface area contributed by atoms with Gasteiger partial charge in [-0.05, 0) is 36.4 Å². The van der Waals surface area contributed by atoms with E-state index in [-0.39, 0.29) is 0 Å². The molecule has 0 atom stereocenters. The number of furan rings is 1. The van der Waals surface area contributed by atoms with Crippen LogP contribution in [0.2, 0.25) is 0 Å². The molecule has 2 aromatic heterocycles. The van der Waals surface area contributed by atoms with Crippen LogP contribution in [-0.2, 0) is 13.1 Å². The number of ether oxygens (including phenoxy) is 1. The highest BCUT2D eigenvalue weighted by Crippen LogP contribution is 2.21. The van der Waals surface area contributed by atoms with Crippen molar-refractivity contribution >= 4 is 10.9 Å². The lowest BCUT2D eigenvalue weighted by atomic mass is 10.2. The lowest BCUT2D eigenvalue weighted by Crippen LogP contribution is -2.18. The van der Waals surface area contributed by atoms with Gasteiger partial charge < -0.3 is 19.0 Å². The van der Waals surface area contributed by atoms with E-state index in [0.29, 0.717) is 0 Å². The van der Waals surface area contributed by atoms with Gasteiger partial charge in [-0.1, -0.05) is 0 Å². The van der Waals surface area contributed by atoms with Crippen LogP contribution in [0.15, 0.2) is 53.3 Å². The van der Waals surface area contributed by atoms with E-state index >= 15 is 0 Å². The van der Waals surface area contributed by atoms with Gasteiger partial charge >= 0.3 is 0 Å². The smallest absolute Gasteiger partial charge is 0.119 e. The van der Waals surface area contributed by atoms with E-state index < -0.39 is 0 Å². The third kappa shape index (κ3) is 2.70. The van der Waals surface area contributed by atoms with Crippen molar-refractivity contribution < 1.29 is 9.15 Å². The van der Waals surface area contributed by atoms with Crippen LogP contribution in [0, 0.1) is 0 Å². The topological polar surface area (TPSA) is 39.3 Å². The fourth-order valence-corrected chi connectivity index (χ4v) is 2.32. The summed E-state index contributed by atoms with van der Waals surface area (Å²) in [6.45, 7) is 2.59. The summed E-state index contributed by atoms with van der Waals surface area (Å²) in [5, 5.41) is 4.58. The predicted molar refractivity (Wildman–Crippen MR) is 78.9 cm³/mol. The number of hydrogen-bond donors (Lipinski definition) is 1. The van der Waals surface area contributed by atoms with Crippen LogP contribution in [0.3, 0.4) is 0 Å². The predicted octanol–water partition coefficient (Wildman–Crippen LogP) is 3.03. The highest BCUT2D eigenvalue weighted by molar-refractivity contribution is 5.81. The number of benzene rings is 1. The number of aromatic nitrogens is 1.